The molecule has 0 radical (unpaired) electrons. The third kappa shape index (κ3) is 0.605. The molecule has 1 saturated heterocycles. The monoisotopic (exact) mass is 158 g/mol. The van der Waals surface area contributed by atoms with Crippen LogP contribution < -0.4 is 5.43 Å². The molecular formula is C4H4N3O2S+. The van der Waals surface area contributed by atoms with Crippen molar-refractivity contribution in [2.75, 3.05) is 0 Å². The predicted molar refractivity (Wildman–Crippen MR) is 34.7 cm³/mol. The number of amides is 1. The molecule has 1 amide bonds. The number of aliphatic imine (C=N–C) groups is 1. The molecule has 2 rings (SSSR count). The zero-order chi connectivity index (χ0) is 7.19. The van der Waals surface area contributed by atoms with Crippen LogP contribution in [0.15, 0.2) is 16.2 Å². The summed E-state index contributed by atoms with van der Waals surface area (Å²) in [7, 11) is 0. The van der Waals surface area contributed by atoms with Gasteiger partial charge in [0.2, 0.25) is 0 Å². The zero-order valence-electron chi connectivity index (χ0n) is 4.81. The molecule has 2 heterocycles. The summed E-state index contributed by atoms with van der Waals surface area (Å²) in [5.74, 6) is 0. The average molecular weight is 158 g/mol. The summed E-state index contributed by atoms with van der Waals surface area (Å²) in [4.78, 5) is 14.3. The van der Waals surface area contributed by atoms with Crippen molar-refractivity contribution in [2.24, 2.45) is 4.99 Å². The Labute approximate surface area is 60.6 Å². The number of hydroxylamine groups is 2. The number of quaternary nitrogens is 1. The molecule has 2 aliphatic heterocycles. The summed E-state index contributed by atoms with van der Waals surface area (Å²) >= 11 is 0.943. The van der Waals surface area contributed by atoms with Crippen LogP contribution in [0.2, 0.25) is 0 Å². The van der Waals surface area contributed by atoms with Gasteiger partial charge in [0.25, 0.3) is 11.4 Å². The van der Waals surface area contributed by atoms with Crippen molar-refractivity contribution in [3.63, 3.8) is 0 Å². The quantitative estimate of drug-likeness (QED) is 0.502. The van der Waals surface area contributed by atoms with Gasteiger partial charge in [-0.05, 0) is 0 Å². The minimum Gasteiger partial charge on any atom is -0.256 e. The molecule has 6 heteroatoms. The van der Waals surface area contributed by atoms with Gasteiger partial charge < -0.3 is 0 Å². The third-order valence-electron chi connectivity index (χ3n) is 1.21. The van der Waals surface area contributed by atoms with Crippen molar-refractivity contribution >= 4 is 23.3 Å². The topological polar surface area (TPSA) is 61.7 Å². The first-order chi connectivity index (χ1) is 4.71. The van der Waals surface area contributed by atoms with E-state index < -0.39 is 4.76 Å². The molecule has 0 aromatic carbocycles. The molecule has 0 aromatic heterocycles. The molecule has 0 spiro atoms. The van der Waals surface area contributed by atoms with E-state index in [0.29, 0.717) is 5.03 Å². The van der Waals surface area contributed by atoms with Gasteiger partial charge >= 0.3 is 5.24 Å². The lowest BCUT2D eigenvalue weighted by Crippen LogP contribution is -2.47. The van der Waals surface area contributed by atoms with Crippen LogP contribution >= 0.6 is 11.8 Å². The highest BCUT2D eigenvalue weighted by Gasteiger charge is 2.45. The number of carbonyl (C=O) groups excluding carboxylic acids is 1. The lowest BCUT2D eigenvalue weighted by Gasteiger charge is -2.11. The first-order valence-corrected chi connectivity index (χ1v) is 3.39. The largest absolute Gasteiger partial charge is 0.337 e. The van der Waals surface area contributed by atoms with Gasteiger partial charge in [-0.25, -0.2) is 0 Å². The summed E-state index contributed by atoms with van der Waals surface area (Å²) < 4.78 is -0.663. The van der Waals surface area contributed by atoms with E-state index >= 15 is 0 Å². The van der Waals surface area contributed by atoms with Crippen LogP contribution in [0.4, 0.5) is 4.79 Å². The molecule has 1 unspecified atom stereocenters. The van der Waals surface area contributed by atoms with Crippen molar-refractivity contribution < 1.29 is 14.8 Å². The third-order valence-corrected chi connectivity index (χ3v) is 2.08. The van der Waals surface area contributed by atoms with Gasteiger partial charge in [0.1, 0.15) is 6.20 Å². The summed E-state index contributed by atoms with van der Waals surface area (Å²) in [6.45, 7) is 0. The number of fused-ring (bicyclic) bond motifs is 1. The molecule has 2 aliphatic rings. The number of hydrogen-bond acceptors (Lipinski definition) is 4. The van der Waals surface area contributed by atoms with Gasteiger partial charge in [0, 0.05) is 16.5 Å². The van der Waals surface area contributed by atoms with Crippen LogP contribution in [0.25, 0.3) is 0 Å². The van der Waals surface area contributed by atoms with Crippen molar-refractivity contribution in [3.05, 3.63) is 11.2 Å². The molecule has 10 heavy (non-hydrogen) atoms. The summed E-state index contributed by atoms with van der Waals surface area (Å²) in [6.07, 6.45) is 2.69. The van der Waals surface area contributed by atoms with Crippen molar-refractivity contribution in [3.8, 4) is 0 Å². The number of rotatable bonds is 0. The SMILES string of the molecule is O=C1N[N+]2(O)C=NC=C2S1. The molecule has 1 atom stereocenters. The minimum absolute atomic E-state index is 0.264. The fraction of sp³-hybridized carbons (Fsp3) is 0. The smallest absolute Gasteiger partial charge is 0.256 e. The van der Waals surface area contributed by atoms with E-state index in [1.165, 1.54) is 12.5 Å². The van der Waals surface area contributed by atoms with Crippen LogP contribution in [0.1, 0.15) is 0 Å². The Morgan fingerprint density at radius 2 is 2.60 bits per heavy atom. The van der Waals surface area contributed by atoms with Gasteiger partial charge in [-0.1, -0.05) is 0 Å². The highest BCUT2D eigenvalue weighted by atomic mass is 32.2. The van der Waals surface area contributed by atoms with Gasteiger partial charge in [0.05, 0.1) is 0 Å². The first kappa shape index (κ1) is 5.90. The lowest BCUT2D eigenvalue weighted by atomic mass is 10.9. The molecule has 0 bridgehead atoms. The molecule has 0 saturated carbocycles. The number of carbonyl (C=O) groups is 1. The molecular weight excluding hydrogens is 154 g/mol. The molecule has 1 fully saturated rings. The molecule has 52 valence electrons. The molecule has 2 N–H and O–H groups in total. The summed E-state index contributed by atoms with van der Waals surface area (Å²) in [5.41, 5.74) is 2.29. The zero-order valence-corrected chi connectivity index (χ0v) is 5.63. The van der Waals surface area contributed by atoms with Gasteiger partial charge in [0.15, 0.2) is 0 Å². The van der Waals surface area contributed by atoms with E-state index in [2.05, 4.69) is 10.4 Å². The normalized spacial score (nSPS) is 35.7. The first-order valence-electron chi connectivity index (χ1n) is 2.57. The van der Waals surface area contributed by atoms with Crippen LogP contribution in [0, 0.1) is 0 Å². The Hall–Kier alpha value is -0.850. The molecule has 5 nitrogen and oxygen atoms in total. The van der Waals surface area contributed by atoms with Crippen molar-refractivity contribution in [1.29, 1.82) is 0 Å². The van der Waals surface area contributed by atoms with E-state index in [1.54, 1.807) is 0 Å². The second-order valence-corrected chi connectivity index (χ2v) is 2.91. The van der Waals surface area contributed by atoms with Crippen LogP contribution in [0.3, 0.4) is 0 Å². The second-order valence-electron chi connectivity index (χ2n) is 1.92. The highest BCUT2D eigenvalue weighted by molar-refractivity contribution is 8.16. The Morgan fingerprint density at radius 1 is 1.80 bits per heavy atom. The summed E-state index contributed by atoms with van der Waals surface area (Å²) in [6, 6.07) is 0. The Bertz CT molecular complexity index is 261. The maximum Gasteiger partial charge on any atom is 0.337 e. The van der Waals surface area contributed by atoms with E-state index in [0.717, 1.165) is 11.8 Å². The Balaban J connectivity index is 2.41. The maximum atomic E-state index is 10.6. The van der Waals surface area contributed by atoms with E-state index in [9.17, 15) is 10.0 Å². The fourth-order valence-electron chi connectivity index (χ4n) is 0.775. The number of nitrogens with zero attached hydrogens (tertiary/aromatic N) is 2. The average Bonchev–Trinajstić information content (AvgIpc) is 2.20. The fourth-order valence-corrected chi connectivity index (χ4v) is 1.50. The summed E-state index contributed by atoms with van der Waals surface area (Å²) in [5, 5.41) is 9.60. The highest BCUT2D eigenvalue weighted by Crippen LogP contribution is 2.32. The number of hydrogen-bond donors (Lipinski definition) is 2. The van der Waals surface area contributed by atoms with Crippen molar-refractivity contribution in [1.82, 2.24) is 5.43 Å². The lowest BCUT2D eigenvalue weighted by molar-refractivity contribution is -1.01. The number of thioether (sulfide) groups is 1. The minimum atomic E-state index is -0.663. The predicted octanol–water partition coefficient (Wildman–Crippen LogP) is 0.405. The van der Waals surface area contributed by atoms with Gasteiger partial charge in [-0.2, -0.15) is 10.2 Å². The van der Waals surface area contributed by atoms with E-state index in [1.807, 2.05) is 0 Å². The van der Waals surface area contributed by atoms with E-state index in [4.69, 9.17) is 0 Å². The van der Waals surface area contributed by atoms with Gasteiger partial charge in [-0.3, -0.25) is 4.79 Å². The second kappa shape index (κ2) is 1.60. The van der Waals surface area contributed by atoms with Crippen LogP contribution in [-0.4, -0.2) is 21.5 Å². The molecule has 0 aliphatic carbocycles. The van der Waals surface area contributed by atoms with Crippen LogP contribution in [-0.2, 0) is 0 Å². The van der Waals surface area contributed by atoms with E-state index in [-0.39, 0.29) is 5.24 Å². The van der Waals surface area contributed by atoms with Gasteiger partial charge in [-0.15, -0.1) is 5.43 Å². The Morgan fingerprint density at radius 3 is 3.30 bits per heavy atom. The van der Waals surface area contributed by atoms with Crippen molar-refractivity contribution in [2.45, 2.75) is 0 Å². The number of nitrogens with one attached hydrogen (secondary N) is 1. The standard InChI is InChI=1S/C4H3N3O2S/c8-4-6-7(9)2-5-1-3(7)10-4/h1-2,9H/p+1. The Kier molecular flexibility index (Phi) is 0.942. The van der Waals surface area contributed by atoms with Crippen LogP contribution in [0.5, 0.6) is 0 Å². The molecule has 0 aromatic rings. The maximum absolute atomic E-state index is 10.6.